The number of ketones is 2. The smallest absolute Gasteiger partial charge is 0.199 e. The molecule has 0 spiro atoms. The predicted molar refractivity (Wildman–Crippen MR) is 84.0 cm³/mol. The molecule has 4 nitrogen and oxygen atoms in total. The third-order valence-electron chi connectivity index (χ3n) is 4.30. The third-order valence-corrected chi connectivity index (χ3v) is 4.30. The Bertz CT molecular complexity index is 788. The largest absolute Gasteiger partial charge is 0.465 e. The molecule has 1 saturated heterocycles. The Balaban J connectivity index is 1.68. The van der Waals surface area contributed by atoms with Gasteiger partial charge in [0.05, 0.1) is 6.61 Å². The van der Waals surface area contributed by atoms with Crippen LogP contribution in [0.3, 0.4) is 0 Å². The van der Waals surface area contributed by atoms with Gasteiger partial charge in [0.15, 0.2) is 17.9 Å². The Labute approximate surface area is 134 Å². The molecule has 1 atom stereocenters. The van der Waals surface area contributed by atoms with Crippen LogP contribution >= 0.6 is 0 Å². The van der Waals surface area contributed by atoms with E-state index in [1.54, 1.807) is 42.5 Å². The fourth-order valence-corrected chi connectivity index (χ4v) is 3.11. The lowest BCUT2D eigenvalue weighted by Gasteiger charge is -2.24. The highest BCUT2D eigenvalue weighted by Crippen LogP contribution is 2.30. The van der Waals surface area contributed by atoms with Crippen molar-refractivity contribution >= 4 is 11.6 Å². The molecule has 2 aromatic carbocycles. The third kappa shape index (κ3) is 2.45. The molecular weight excluding hydrogens is 292 g/mol. The second-order valence-electron chi connectivity index (χ2n) is 5.83. The summed E-state index contributed by atoms with van der Waals surface area (Å²) in [7, 11) is 0. The van der Waals surface area contributed by atoms with E-state index in [0.29, 0.717) is 34.6 Å². The van der Waals surface area contributed by atoms with Crippen molar-refractivity contribution in [3.63, 3.8) is 0 Å². The summed E-state index contributed by atoms with van der Waals surface area (Å²) in [5.74, 6) is 0.317. The number of hydrogen-bond acceptors (Lipinski definition) is 4. The summed E-state index contributed by atoms with van der Waals surface area (Å²) in [6, 6.07) is 12.0. The molecule has 0 bridgehead atoms. The summed E-state index contributed by atoms with van der Waals surface area (Å²) in [6.07, 6.45) is 2.68. The van der Waals surface area contributed by atoms with Gasteiger partial charge in [-0.3, -0.25) is 9.59 Å². The molecule has 1 unspecified atom stereocenters. The summed E-state index contributed by atoms with van der Waals surface area (Å²) in [6.45, 7) is 0.695. The van der Waals surface area contributed by atoms with Gasteiger partial charge >= 0.3 is 0 Å². The molecule has 4 heteroatoms. The van der Waals surface area contributed by atoms with Crippen molar-refractivity contribution in [3.8, 4) is 5.75 Å². The first-order chi connectivity index (χ1) is 11.2. The normalized spacial score (nSPS) is 19.9. The molecule has 2 aliphatic rings. The lowest BCUT2D eigenvalue weighted by atomic mass is 9.84. The lowest BCUT2D eigenvalue weighted by molar-refractivity contribution is -0.105. The van der Waals surface area contributed by atoms with Crippen molar-refractivity contribution in [1.82, 2.24) is 0 Å². The predicted octanol–water partition coefficient (Wildman–Crippen LogP) is 3.37. The first-order valence-corrected chi connectivity index (χ1v) is 7.85. The maximum absolute atomic E-state index is 12.7. The van der Waals surface area contributed by atoms with Crippen LogP contribution in [0, 0.1) is 0 Å². The number of carbonyl (C=O) groups excluding carboxylic acids is 2. The van der Waals surface area contributed by atoms with E-state index in [0.717, 1.165) is 19.3 Å². The van der Waals surface area contributed by atoms with Gasteiger partial charge in [0.25, 0.3) is 0 Å². The summed E-state index contributed by atoms with van der Waals surface area (Å²) in [5, 5.41) is 0. The van der Waals surface area contributed by atoms with Crippen LogP contribution in [0.1, 0.15) is 51.1 Å². The summed E-state index contributed by atoms with van der Waals surface area (Å²) >= 11 is 0. The molecule has 0 aromatic heterocycles. The lowest BCUT2D eigenvalue weighted by Crippen LogP contribution is -2.25. The summed E-state index contributed by atoms with van der Waals surface area (Å²) in [4.78, 5) is 25.2. The van der Waals surface area contributed by atoms with Crippen LogP contribution in [-0.4, -0.2) is 24.5 Å². The van der Waals surface area contributed by atoms with Crippen LogP contribution in [0.2, 0.25) is 0 Å². The van der Waals surface area contributed by atoms with E-state index >= 15 is 0 Å². The molecular formula is C19H16O4. The van der Waals surface area contributed by atoms with Gasteiger partial charge in [0.2, 0.25) is 0 Å². The number of hydrogen-bond donors (Lipinski definition) is 0. The van der Waals surface area contributed by atoms with Crippen LogP contribution in [-0.2, 0) is 4.74 Å². The van der Waals surface area contributed by atoms with Crippen molar-refractivity contribution in [1.29, 1.82) is 0 Å². The van der Waals surface area contributed by atoms with Crippen molar-refractivity contribution in [3.05, 3.63) is 64.7 Å². The van der Waals surface area contributed by atoms with Gasteiger partial charge in [0, 0.05) is 28.7 Å². The Morgan fingerprint density at radius 3 is 2.26 bits per heavy atom. The standard InChI is InChI=1S/C19H16O4/c20-18-13-5-1-2-6-14(13)19(21)16-11-12(8-9-15(16)18)23-17-7-3-4-10-22-17/h1-2,5-6,8-9,11,17H,3-4,7,10H2. The molecule has 1 fully saturated rings. The van der Waals surface area contributed by atoms with Crippen molar-refractivity contribution in [2.75, 3.05) is 6.61 Å². The second kappa shape index (κ2) is 5.63. The highest BCUT2D eigenvalue weighted by atomic mass is 16.7. The topological polar surface area (TPSA) is 52.6 Å². The zero-order valence-electron chi connectivity index (χ0n) is 12.6. The highest BCUT2D eigenvalue weighted by molar-refractivity contribution is 6.28. The Hall–Kier alpha value is -2.46. The fraction of sp³-hybridized carbons (Fsp3) is 0.263. The van der Waals surface area contributed by atoms with E-state index < -0.39 is 0 Å². The monoisotopic (exact) mass is 308 g/mol. The van der Waals surface area contributed by atoms with Crippen LogP contribution in [0.4, 0.5) is 0 Å². The number of ether oxygens (including phenoxy) is 2. The minimum atomic E-state index is -0.275. The minimum absolute atomic E-state index is 0.115. The van der Waals surface area contributed by atoms with Crippen LogP contribution in [0.15, 0.2) is 42.5 Å². The quantitative estimate of drug-likeness (QED) is 0.728. The Kier molecular flexibility index (Phi) is 3.46. The van der Waals surface area contributed by atoms with E-state index in [2.05, 4.69) is 0 Å². The van der Waals surface area contributed by atoms with Gasteiger partial charge in [0.1, 0.15) is 5.75 Å². The maximum atomic E-state index is 12.7. The minimum Gasteiger partial charge on any atom is -0.465 e. The van der Waals surface area contributed by atoms with E-state index in [4.69, 9.17) is 9.47 Å². The number of fused-ring (bicyclic) bond motifs is 2. The van der Waals surface area contributed by atoms with Gasteiger partial charge in [-0.2, -0.15) is 0 Å². The van der Waals surface area contributed by atoms with E-state index in [-0.39, 0.29) is 17.9 Å². The Morgan fingerprint density at radius 1 is 0.870 bits per heavy atom. The van der Waals surface area contributed by atoms with Crippen molar-refractivity contribution < 1.29 is 19.1 Å². The average molecular weight is 308 g/mol. The van der Waals surface area contributed by atoms with Gasteiger partial charge in [-0.15, -0.1) is 0 Å². The number of rotatable bonds is 2. The molecule has 116 valence electrons. The molecule has 0 N–H and O–H groups in total. The fourth-order valence-electron chi connectivity index (χ4n) is 3.11. The van der Waals surface area contributed by atoms with Crippen LogP contribution in [0.5, 0.6) is 5.75 Å². The number of benzene rings is 2. The van der Waals surface area contributed by atoms with Gasteiger partial charge in [-0.1, -0.05) is 24.3 Å². The first-order valence-electron chi connectivity index (χ1n) is 7.85. The van der Waals surface area contributed by atoms with E-state index in [9.17, 15) is 9.59 Å². The van der Waals surface area contributed by atoms with Crippen molar-refractivity contribution in [2.45, 2.75) is 25.6 Å². The molecule has 4 rings (SSSR count). The highest BCUT2D eigenvalue weighted by Gasteiger charge is 2.29. The molecule has 2 aromatic rings. The molecule has 0 saturated carbocycles. The number of carbonyl (C=O) groups is 2. The maximum Gasteiger partial charge on any atom is 0.199 e. The summed E-state index contributed by atoms with van der Waals surface area (Å²) < 4.78 is 11.4. The average Bonchev–Trinajstić information content (AvgIpc) is 2.60. The summed E-state index contributed by atoms with van der Waals surface area (Å²) in [5.41, 5.74) is 1.76. The van der Waals surface area contributed by atoms with Crippen LogP contribution < -0.4 is 4.74 Å². The van der Waals surface area contributed by atoms with Crippen molar-refractivity contribution in [2.24, 2.45) is 0 Å². The van der Waals surface area contributed by atoms with E-state index in [1.807, 2.05) is 0 Å². The van der Waals surface area contributed by atoms with Gasteiger partial charge in [-0.25, -0.2) is 0 Å². The molecule has 1 heterocycles. The second-order valence-corrected chi connectivity index (χ2v) is 5.83. The molecule has 0 radical (unpaired) electrons. The zero-order chi connectivity index (χ0) is 15.8. The SMILES string of the molecule is O=C1c2ccccc2C(=O)c2cc(OC3CCCCO3)ccc21. The van der Waals surface area contributed by atoms with Crippen LogP contribution in [0.25, 0.3) is 0 Å². The van der Waals surface area contributed by atoms with E-state index in [1.165, 1.54) is 0 Å². The molecule has 23 heavy (non-hydrogen) atoms. The first kappa shape index (κ1) is 14.2. The zero-order valence-corrected chi connectivity index (χ0v) is 12.6. The molecule has 0 amide bonds. The van der Waals surface area contributed by atoms with Gasteiger partial charge in [-0.05, 0) is 31.0 Å². The molecule has 1 aliphatic carbocycles. The Morgan fingerprint density at radius 2 is 1.57 bits per heavy atom. The van der Waals surface area contributed by atoms with Gasteiger partial charge < -0.3 is 9.47 Å². The molecule has 1 aliphatic heterocycles.